The second-order valence-corrected chi connectivity index (χ2v) is 7.00. The third-order valence-electron chi connectivity index (χ3n) is 4.63. The van der Waals surface area contributed by atoms with E-state index >= 15 is 0 Å². The second kappa shape index (κ2) is 6.41. The molecule has 23 heavy (non-hydrogen) atoms. The van der Waals surface area contributed by atoms with E-state index in [2.05, 4.69) is 20.6 Å². The minimum atomic E-state index is 0.0121. The van der Waals surface area contributed by atoms with Crippen molar-refractivity contribution in [2.24, 2.45) is 0 Å². The number of carbonyl (C=O) groups is 1. The number of imidazole rings is 1. The normalized spacial score (nSPS) is 18.9. The van der Waals surface area contributed by atoms with Crippen molar-refractivity contribution in [3.05, 3.63) is 34.3 Å². The van der Waals surface area contributed by atoms with Crippen LogP contribution in [-0.4, -0.2) is 49.9 Å². The van der Waals surface area contributed by atoms with E-state index in [0.717, 1.165) is 31.2 Å². The summed E-state index contributed by atoms with van der Waals surface area (Å²) in [5, 5.41) is 1.81. The molecular weight excluding hydrogens is 310 g/mol. The molecule has 0 spiro atoms. The topological polar surface area (TPSA) is 54.3 Å². The Morgan fingerprint density at radius 3 is 2.83 bits per heavy atom. The van der Waals surface area contributed by atoms with Crippen LogP contribution in [0.1, 0.15) is 41.3 Å². The number of hydrogen-bond donors (Lipinski definition) is 0. The van der Waals surface area contributed by atoms with E-state index in [1.807, 2.05) is 10.3 Å². The number of piperidine rings is 1. The molecule has 0 bridgehead atoms. The first-order valence-electron chi connectivity index (χ1n) is 8.24. The quantitative estimate of drug-likeness (QED) is 0.863. The molecule has 4 heterocycles. The van der Waals surface area contributed by atoms with Gasteiger partial charge in [0.1, 0.15) is 11.5 Å². The van der Waals surface area contributed by atoms with Gasteiger partial charge in [-0.3, -0.25) is 9.69 Å². The van der Waals surface area contributed by atoms with Crippen molar-refractivity contribution in [1.82, 2.24) is 24.3 Å². The van der Waals surface area contributed by atoms with Gasteiger partial charge in [-0.15, -0.1) is 11.3 Å². The molecule has 4 rings (SSSR count). The summed E-state index contributed by atoms with van der Waals surface area (Å²) in [5.41, 5.74) is 3.38. The van der Waals surface area contributed by atoms with Gasteiger partial charge in [0.15, 0.2) is 0 Å². The van der Waals surface area contributed by atoms with Crippen LogP contribution >= 0.6 is 11.3 Å². The minimum Gasteiger partial charge on any atom is -0.331 e. The highest BCUT2D eigenvalue weighted by Crippen LogP contribution is 2.18. The number of nitrogens with zero attached hydrogens (tertiary/aromatic N) is 5. The van der Waals surface area contributed by atoms with Crippen LogP contribution in [-0.2, 0) is 19.6 Å². The Balaban J connectivity index is 1.44. The second-order valence-electron chi connectivity index (χ2n) is 6.28. The summed E-state index contributed by atoms with van der Waals surface area (Å²) in [7, 11) is 0. The van der Waals surface area contributed by atoms with Gasteiger partial charge in [-0.05, 0) is 25.9 Å². The Labute approximate surface area is 139 Å². The molecule has 0 N–H and O–H groups in total. The van der Waals surface area contributed by atoms with Gasteiger partial charge in [-0.1, -0.05) is 6.42 Å². The van der Waals surface area contributed by atoms with Gasteiger partial charge in [0.25, 0.3) is 5.91 Å². The summed E-state index contributed by atoms with van der Waals surface area (Å²) in [6.45, 7) is 5.41. The zero-order valence-electron chi connectivity index (χ0n) is 13.1. The highest BCUT2D eigenvalue weighted by molar-refractivity contribution is 7.07. The average molecular weight is 331 g/mol. The molecular formula is C16H21N5OS. The predicted molar refractivity (Wildman–Crippen MR) is 88.2 cm³/mol. The maximum atomic E-state index is 12.4. The van der Waals surface area contributed by atoms with Gasteiger partial charge >= 0.3 is 0 Å². The lowest BCUT2D eigenvalue weighted by atomic mass is 10.1. The minimum absolute atomic E-state index is 0.0121. The summed E-state index contributed by atoms with van der Waals surface area (Å²) in [5.74, 6) is 1.00. The summed E-state index contributed by atoms with van der Waals surface area (Å²) in [4.78, 5) is 25.6. The molecule has 1 saturated heterocycles. The first-order chi connectivity index (χ1) is 11.3. The molecule has 7 heteroatoms. The first kappa shape index (κ1) is 14.8. The van der Waals surface area contributed by atoms with Gasteiger partial charge in [0, 0.05) is 31.2 Å². The number of rotatable bonds is 3. The number of thiazole rings is 1. The van der Waals surface area contributed by atoms with Crippen LogP contribution in [0.4, 0.5) is 0 Å². The molecule has 1 amide bonds. The van der Waals surface area contributed by atoms with Gasteiger partial charge in [0.05, 0.1) is 17.7 Å². The van der Waals surface area contributed by atoms with Gasteiger partial charge < -0.3 is 9.47 Å². The van der Waals surface area contributed by atoms with E-state index < -0.39 is 0 Å². The van der Waals surface area contributed by atoms with Crippen LogP contribution in [0.25, 0.3) is 0 Å². The zero-order chi connectivity index (χ0) is 15.6. The van der Waals surface area contributed by atoms with Crippen LogP contribution in [0.15, 0.2) is 17.1 Å². The number of amides is 1. The average Bonchev–Trinajstić information content (AvgIpc) is 3.23. The van der Waals surface area contributed by atoms with E-state index in [-0.39, 0.29) is 5.91 Å². The van der Waals surface area contributed by atoms with Crippen molar-refractivity contribution < 1.29 is 4.79 Å². The van der Waals surface area contributed by atoms with Crippen LogP contribution in [0.5, 0.6) is 0 Å². The molecule has 1 fully saturated rings. The largest absolute Gasteiger partial charge is 0.331 e. The highest BCUT2D eigenvalue weighted by Gasteiger charge is 2.24. The number of aromatic nitrogens is 3. The fourth-order valence-electron chi connectivity index (χ4n) is 3.39. The molecule has 2 aromatic rings. The van der Waals surface area contributed by atoms with E-state index in [1.54, 1.807) is 5.51 Å². The van der Waals surface area contributed by atoms with Crippen LogP contribution in [0, 0.1) is 0 Å². The lowest BCUT2D eigenvalue weighted by Gasteiger charge is -2.26. The summed E-state index contributed by atoms with van der Waals surface area (Å²) in [6, 6.07) is 0. The Hall–Kier alpha value is -1.73. The predicted octanol–water partition coefficient (Wildman–Crippen LogP) is 1.98. The molecule has 122 valence electrons. The Kier molecular flexibility index (Phi) is 4.13. The van der Waals surface area contributed by atoms with Crippen molar-refractivity contribution in [1.29, 1.82) is 0 Å². The smallest absolute Gasteiger partial charge is 0.273 e. The van der Waals surface area contributed by atoms with Gasteiger partial charge in [-0.2, -0.15) is 0 Å². The van der Waals surface area contributed by atoms with Crippen molar-refractivity contribution in [2.45, 2.75) is 38.9 Å². The van der Waals surface area contributed by atoms with Crippen molar-refractivity contribution in [3.63, 3.8) is 0 Å². The summed E-state index contributed by atoms with van der Waals surface area (Å²) < 4.78 is 2.20. The lowest BCUT2D eigenvalue weighted by Crippen LogP contribution is -2.38. The fourth-order valence-corrected chi connectivity index (χ4v) is 3.91. The number of likely N-dealkylation sites (tertiary alicyclic amines) is 1. The molecule has 0 aromatic carbocycles. The Morgan fingerprint density at radius 2 is 2.04 bits per heavy atom. The fraction of sp³-hybridized carbons (Fsp3) is 0.562. The SMILES string of the molecule is O=C(c1cscn1)N1CCn2cc(CN3CCCCC3)nc2C1. The van der Waals surface area contributed by atoms with Crippen LogP contribution < -0.4 is 0 Å². The third-order valence-corrected chi connectivity index (χ3v) is 5.21. The Morgan fingerprint density at radius 1 is 1.17 bits per heavy atom. The van der Waals surface area contributed by atoms with Gasteiger partial charge in [-0.25, -0.2) is 9.97 Å². The molecule has 0 aliphatic carbocycles. The molecule has 2 aliphatic heterocycles. The van der Waals surface area contributed by atoms with Crippen molar-refractivity contribution >= 4 is 17.2 Å². The maximum Gasteiger partial charge on any atom is 0.273 e. The lowest BCUT2D eigenvalue weighted by molar-refractivity contribution is 0.0702. The maximum absolute atomic E-state index is 12.4. The van der Waals surface area contributed by atoms with E-state index in [0.29, 0.717) is 12.2 Å². The van der Waals surface area contributed by atoms with Crippen LogP contribution in [0.2, 0.25) is 0 Å². The standard InChI is InChI=1S/C16H21N5OS/c22-16(14-11-23-12-17-14)21-7-6-20-9-13(18-15(20)10-21)8-19-4-2-1-3-5-19/h9,11-12H,1-8,10H2. The van der Waals surface area contributed by atoms with E-state index in [1.165, 1.54) is 43.7 Å². The van der Waals surface area contributed by atoms with Crippen LogP contribution in [0.3, 0.4) is 0 Å². The third kappa shape index (κ3) is 3.16. The first-order valence-corrected chi connectivity index (χ1v) is 9.18. The zero-order valence-corrected chi connectivity index (χ0v) is 14.0. The Bertz CT molecular complexity index is 675. The van der Waals surface area contributed by atoms with E-state index in [4.69, 9.17) is 4.98 Å². The summed E-state index contributed by atoms with van der Waals surface area (Å²) in [6.07, 6.45) is 6.10. The molecule has 0 unspecified atom stereocenters. The number of fused-ring (bicyclic) bond motifs is 1. The number of carbonyl (C=O) groups excluding carboxylic acids is 1. The number of hydrogen-bond acceptors (Lipinski definition) is 5. The van der Waals surface area contributed by atoms with E-state index in [9.17, 15) is 4.79 Å². The monoisotopic (exact) mass is 331 g/mol. The molecule has 2 aliphatic rings. The van der Waals surface area contributed by atoms with Gasteiger partial charge in [0.2, 0.25) is 0 Å². The molecule has 0 atom stereocenters. The molecule has 0 radical (unpaired) electrons. The molecule has 2 aromatic heterocycles. The van der Waals surface area contributed by atoms with Crippen molar-refractivity contribution in [3.8, 4) is 0 Å². The molecule has 0 saturated carbocycles. The molecule has 6 nitrogen and oxygen atoms in total. The van der Waals surface area contributed by atoms with Crippen molar-refractivity contribution in [2.75, 3.05) is 19.6 Å². The highest BCUT2D eigenvalue weighted by atomic mass is 32.1. The summed E-state index contributed by atoms with van der Waals surface area (Å²) >= 11 is 1.46.